The molecular weight excluding hydrogens is 136 g/mol. The largest absolute Gasteiger partial charge is 0.394 e. The van der Waals surface area contributed by atoms with Gasteiger partial charge in [0.15, 0.2) is 0 Å². The van der Waals surface area contributed by atoms with Crippen LogP contribution in [0.25, 0.3) is 0 Å². The number of allylic oxidation sites excluding steroid dienone is 2. The maximum atomic E-state index is 8.72. The van der Waals surface area contributed by atoms with Crippen molar-refractivity contribution >= 4 is 0 Å². The molecule has 0 saturated carbocycles. The molecule has 1 rings (SSSR count). The number of nitriles is 1. The summed E-state index contributed by atoms with van der Waals surface area (Å²) in [4.78, 5) is 0. The van der Waals surface area contributed by atoms with Crippen LogP contribution in [0, 0.1) is 23.2 Å². The average molecular weight is 146 g/mol. The lowest BCUT2D eigenvalue weighted by Crippen LogP contribution is -2.19. The molecule has 0 aromatic heterocycles. The number of nitrogens with two attached hydrogens (primary N) is 1. The molecule has 0 aromatic carbocycles. The molecule has 0 spiro atoms. The zero-order valence-electron chi connectivity index (χ0n) is 6.68. The molecule has 0 heterocycles. The molecule has 0 aliphatic heterocycles. The molecule has 1 unspecified atom stereocenters. The zero-order chi connectivity index (χ0) is 8.43. The fraction of sp³-hybridized carbons (Fsp3) is 0.444. The van der Waals surface area contributed by atoms with E-state index in [2.05, 4.69) is 17.5 Å². The Hall–Kier alpha value is -1.41. The topological polar surface area (TPSA) is 49.8 Å². The number of hydrogen-bond donors (Lipinski definition) is 1. The van der Waals surface area contributed by atoms with Crippen LogP contribution in [0.15, 0.2) is 22.7 Å². The Balaban J connectivity index is 3.15. The van der Waals surface area contributed by atoms with Gasteiger partial charge in [-0.25, -0.2) is 0 Å². The van der Waals surface area contributed by atoms with Crippen LogP contribution in [0.2, 0.25) is 0 Å². The molecule has 0 saturated heterocycles. The van der Waals surface area contributed by atoms with E-state index in [4.69, 9.17) is 11.0 Å². The lowest BCUT2D eigenvalue weighted by Gasteiger charge is -2.17. The first kappa shape index (κ1) is 7.69. The first-order valence-electron chi connectivity index (χ1n) is 3.54. The van der Waals surface area contributed by atoms with E-state index in [1.807, 2.05) is 13.8 Å². The molecule has 0 fully saturated rings. The molecule has 1 aliphatic rings. The predicted molar refractivity (Wildman–Crippen MR) is 42.2 cm³/mol. The summed E-state index contributed by atoms with van der Waals surface area (Å²) in [5.74, 6) is -0.0301. The van der Waals surface area contributed by atoms with E-state index >= 15 is 0 Å². The molecular formula is C9H10N2. The highest BCUT2D eigenvalue weighted by Crippen LogP contribution is 2.24. The number of nitrogens with zero attached hydrogens (tertiary/aromatic N) is 1. The smallest absolute Gasteiger partial charge is 0.101 e. The third-order valence-corrected chi connectivity index (χ3v) is 2.06. The summed E-state index contributed by atoms with van der Waals surface area (Å²) in [7, 11) is 0. The van der Waals surface area contributed by atoms with Gasteiger partial charge in [0.25, 0.3) is 0 Å². The molecule has 2 nitrogen and oxygen atoms in total. The third kappa shape index (κ3) is 1.21. The molecule has 0 bridgehead atoms. The highest BCUT2D eigenvalue weighted by Gasteiger charge is 2.22. The quantitative estimate of drug-likeness (QED) is 0.524. The third-order valence-electron chi connectivity index (χ3n) is 2.06. The van der Waals surface area contributed by atoms with E-state index in [0.29, 0.717) is 5.70 Å². The first-order chi connectivity index (χ1) is 5.16. The van der Waals surface area contributed by atoms with E-state index in [1.54, 1.807) is 0 Å². The highest BCUT2D eigenvalue weighted by atomic mass is 14.6. The standard InChI is InChI=1S/C9H10N2/c1-6-3-4-9(11)8(5-10)7(6)2/h7-8H,11H2,1-2H3/t7-,8?/m0/s1. The highest BCUT2D eigenvalue weighted by molar-refractivity contribution is 5.22. The normalized spacial score (nSPS) is 28.8. The molecule has 0 amide bonds. The van der Waals surface area contributed by atoms with Gasteiger partial charge in [0.2, 0.25) is 0 Å². The Morgan fingerprint density at radius 3 is 2.64 bits per heavy atom. The van der Waals surface area contributed by atoms with Crippen LogP contribution in [0.5, 0.6) is 0 Å². The van der Waals surface area contributed by atoms with Gasteiger partial charge in [0.1, 0.15) is 5.92 Å². The van der Waals surface area contributed by atoms with Gasteiger partial charge in [0, 0.05) is 5.92 Å². The van der Waals surface area contributed by atoms with Crippen molar-refractivity contribution in [3.8, 4) is 6.07 Å². The zero-order valence-corrected chi connectivity index (χ0v) is 6.68. The van der Waals surface area contributed by atoms with Gasteiger partial charge in [0.05, 0.1) is 11.8 Å². The molecule has 2 atom stereocenters. The summed E-state index contributed by atoms with van der Waals surface area (Å²) in [6, 6.07) is 2.15. The van der Waals surface area contributed by atoms with E-state index in [9.17, 15) is 0 Å². The summed E-state index contributed by atoms with van der Waals surface area (Å²) in [5.41, 5.74) is 12.7. The average Bonchev–Trinajstić information content (AvgIpc) is 1.99. The van der Waals surface area contributed by atoms with Crippen LogP contribution in [0.1, 0.15) is 13.8 Å². The van der Waals surface area contributed by atoms with Crippen molar-refractivity contribution in [3.05, 3.63) is 22.7 Å². The van der Waals surface area contributed by atoms with Crippen molar-refractivity contribution in [2.24, 2.45) is 17.6 Å². The van der Waals surface area contributed by atoms with Crippen molar-refractivity contribution in [1.29, 1.82) is 5.26 Å². The minimum absolute atomic E-state index is 0.182. The minimum atomic E-state index is -0.212. The van der Waals surface area contributed by atoms with Gasteiger partial charge in [-0.05, 0) is 18.2 Å². The van der Waals surface area contributed by atoms with E-state index in [-0.39, 0.29) is 11.8 Å². The summed E-state index contributed by atoms with van der Waals surface area (Å²) < 4.78 is 0. The Kier molecular flexibility index (Phi) is 1.87. The van der Waals surface area contributed by atoms with Crippen LogP contribution < -0.4 is 5.73 Å². The van der Waals surface area contributed by atoms with Crippen molar-refractivity contribution in [3.63, 3.8) is 0 Å². The fourth-order valence-electron chi connectivity index (χ4n) is 1.06. The van der Waals surface area contributed by atoms with Gasteiger partial charge in [-0.3, -0.25) is 0 Å². The Bertz CT molecular complexity index is 307. The minimum Gasteiger partial charge on any atom is -0.394 e. The van der Waals surface area contributed by atoms with Gasteiger partial charge >= 0.3 is 0 Å². The lowest BCUT2D eigenvalue weighted by molar-refractivity contribution is 0.554. The number of hydrogen-bond acceptors (Lipinski definition) is 2. The van der Waals surface area contributed by atoms with Gasteiger partial charge < -0.3 is 5.73 Å². The van der Waals surface area contributed by atoms with Crippen LogP contribution in [0.3, 0.4) is 0 Å². The van der Waals surface area contributed by atoms with Gasteiger partial charge in [-0.15, -0.1) is 0 Å². The summed E-state index contributed by atoms with van der Waals surface area (Å²) in [6.07, 6.45) is 0. The second-order valence-electron chi connectivity index (χ2n) is 2.78. The van der Waals surface area contributed by atoms with E-state index in [0.717, 1.165) is 5.57 Å². The van der Waals surface area contributed by atoms with Crippen molar-refractivity contribution < 1.29 is 0 Å². The van der Waals surface area contributed by atoms with Crippen molar-refractivity contribution in [2.75, 3.05) is 0 Å². The van der Waals surface area contributed by atoms with Gasteiger partial charge in [-0.1, -0.05) is 12.7 Å². The van der Waals surface area contributed by atoms with Crippen LogP contribution >= 0.6 is 0 Å². The Morgan fingerprint density at radius 2 is 2.18 bits per heavy atom. The second kappa shape index (κ2) is 2.68. The predicted octanol–water partition coefficient (Wildman–Crippen LogP) is 1.32. The van der Waals surface area contributed by atoms with Gasteiger partial charge in [-0.2, -0.15) is 5.26 Å². The van der Waals surface area contributed by atoms with Crippen LogP contribution in [0.4, 0.5) is 0 Å². The summed E-state index contributed by atoms with van der Waals surface area (Å²) >= 11 is 0. The molecule has 2 N–H and O–H groups in total. The summed E-state index contributed by atoms with van der Waals surface area (Å²) in [5, 5.41) is 8.72. The van der Waals surface area contributed by atoms with E-state index < -0.39 is 0 Å². The molecule has 2 heteroatoms. The molecule has 1 aliphatic carbocycles. The Morgan fingerprint density at radius 1 is 1.55 bits per heavy atom. The fourth-order valence-corrected chi connectivity index (χ4v) is 1.06. The lowest BCUT2D eigenvalue weighted by atomic mass is 9.85. The summed E-state index contributed by atoms with van der Waals surface area (Å²) in [6.45, 7) is 3.92. The number of rotatable bonds is 0. The maximum Gasteiger partial charge on any atom is 0.101 e. The molecule has 0 aromatic rings. The Labute approximate surface area is 66.3 Å². The first-order valence-corrected chi connectivity index (χ1v) is 3.54. The van der Waals surface area contributed by atoms with E-state index in [1.165, 1.54) is 0 Å². The second-order valence-corrected chi connectivity index (χ2v) is 2.78. The van der Waals surface area contributed by atoms with Crippen molar-refractivity contribution in [2.45, 2.75) is 13.8 Å². The maximum absolute atomic E-state index is 8.72. The van der Waals surface area contributed by atoms with Crippen LogP contribution in [-0.4, -0.2) is 0 Å². The molecule has 0 radical (unpaired) electrons. The van der Waals surface area contributed by atoms with Crippen LogP contribution in [-0.2, 0) is 0 Å². The van der Waals surface area contributed by atoms with Crippen molar-refractivity contribution in [1.82, 2.24) is 0 Å². The molecule has 11 heavy (non-hydrogen) atoms. The SMILES string of the molecule is CC1=C=C=C(N)C(C#N)[C@H]1C. The monoisotopic (exact) mass is 146 g/mol. The molecule has 56 valence electrons.